The van der Waals surface area contributed by atoms with E-state index in [1.807, 2.05) is 13.0 Å². The Balaban J connectivity index is 1.44. The van der Waals surface area contributed by atoms with Crippen LogP contribution in [0.4, 0.5) is 4.79 Å². The molecule has 1 fully saturated rings. The van der Waals surface area contributed by atoms with Crippen molar-refractivity contribution >= 4 is 12.1 Å². The second-order valence-electron chi connectivity index (χ2n) is 6.11. The predicted molar refractivity (Wildman–Crippen MR) is 99.0 cm³/mol. The van der Waals surface area contributed by atoms with Crippen LogP contribution in [0.3, 0.4) is 0 Å². The summed E-state index contributed by atoms with van der Waals surface area (Å²) in [4.78, 5) is 22.1. The van der Waals surface area contributed by atoms with E-state index in [9.17, 15) is 4.79 Å². The third-order valence-electron chi connectivity index (χ3n) is 4.28. The number of rotatable bonds is 5. The lowest BCUT2D eigenvalue weighted by molar-refractivity contribution is 0.0963. The Labute approximate surface area is 157 Å². The molecule has 2 aromatic heterocycles. The zero-order valence-electron chi connectivity index (χ0n) is 15.6. The molecule has 0 bridgehead atoms. The van der Waals surface area contributed by atoms with Gasteiger partial charge in [-0.25, -0.2) is 9.78 Å². The van der Waals surface area contributed by atoms with Crippen molar-refractivity contribution in [3.63, 3.8) is 0 Å². The molecule has 0 aromatic carbocycles. The number of likely N-dealkylation sites (tertiary alicyclic amines) is 1. The number of ether oxygens (including phenoxy) is 1. The molecule has 0 saturated carbocycles. The number of nitrogens with zero attached hydrogens (tertiary/aromatic N) is 4. The van der Waals surface area contributed by atoms with Crippen LogP contribution in [-0.4, -0.2) is 64.9 Å². The van der Waals surface area contributed by atoms with Crippen molar-refractivity contribution in [3.8, 4) is 11.6 Å². The minimum Gasteiger partial charge on any atom is -0.461 e. The number of carbonyl (C=O) groups excluding carboxylic acids is 1. The van der Waals surface area contributed by atoms with Gasteiger partial charge in [-0.2, -0.15) is 0 Å². The van der Waals surface area contributed by atoms with Crippen molar-refractivity contribution < 1.29 is 13.9 Å². The van der Waals surface area contributed by atoms with Crippen LogP contribution in [0, 0.1) is 0 Å². The van der Waals surface area contributed by atoms with Crippen LogP contribution in [0.1, 0.15) is 25.6 Å². The Morgan fingerprint density at radius 2 is 2.30 bits per heavy atom. The highest BCUT2D eigenvalue weighted by molar-refractivity contribution is 5.80. The molecule has 0 aliphatic carbocycles. The number of piperidine rings is 1. The number of aromatic amines is 1. The van der Waals surface area contributed by atoms with Gasteiger partial charge in [0.25, 0.3) is 0 Å². The van der Waals surface area contributed by atoms with E-state index in [2.05, 4.69) is 30.8 Å². The standard InChI is InChI=1S/C17H25N7O3/c1-3-26-17(25)24-8-6-12(7-9-24)20-16(18-2)19-11-14-21-15(23-22-14)13-5-4-10-27-13/h4-5,10,12H,3,6-9,11H2,1-2H3,(H2,18,19,20)(H,21,22,23). The molecule has 3 heterocycles. The van der Waals surface area contributed by atoms with Crippen LogP contribution in [0.25, 0.3) is 11.6 Å². The molecule has 27 heavy (non-hydrogen) atoms. The molecule has 0 atom stereocenters. The summed E-state index contributed by atoms with van der Waals surface area (Å²) in [5.74, 6) is 2.50. The van der Waals surface area contributed by atoms with Crippen LogP contribution >= 0.6 is 0 Å². The van der Waals surface area contributed by atoms with Gasteiger partial charge in [0.05, 0.1) is 19.4 Å². The first-order valence-electron chi connectivity index (χ1n) is 9.03. The van der Waals surface area contributed by atoms with Crippen LogP contribution in [0.5, 0.6) is 0 Å². The van der Waals surface area contributed by atoms with Crippen LogP contribution in [0.15, 0.2) is 27.8 Å². The molecule has 10 heteroatoms. The second-order valence-corrected chi connectivity index (χ2v) is 6.11. The zero-order chi connectivity index (χ0) is 19.1. The van der Waals surface area contributed by atoms with Gasteiger partial charge in [-0.05, 0) is 31.9 Å². The molecule has 1 aliphatic heterocycles. The van der Waals surface area contributed by atoms with Crippen molar-refractivity contribution in [3.05, 3.63) is 24.2 Å². The van der Waals surface area contributed by atoms with Gasteiger partial charge in [0.2, 0.25) is 5.82 Å². The molecule has 146 valence electrons. The summed E-state index contributed by atoms with van der Waals surface area (Å²) in [5.41, 5.74) is 0. The van der Waals surface area contributed by atoms with Crippen LogP contribution < -0.4 is 10.6 Å². The summed E-state index contributed by atoms with van der Waals surface area (Å²) in [7, 11) is 1.72. The molecule has 2 aromatic rings. The van der Waals surface area contributed by atoms with Crippen molar-refractivity contribution in [2.75, 3.05) is 26.7 Å². The van der Waals surface area contributed by atoms with Gasteiger partial charge in [-0.1, -0.05) is 0 Å². The maximum Gasteiger partial charge on any atom is 0.409 e. The first kappa shape index (κ1) is 18.7. The maximum atomic E-state index is 11.8. The largest absolute Gasteiger partial charge is 0.461 e. The number of hydrogen-bond donors (Lipinski definition) is 3. The van der Waals surface area contributed by atoms with E-state index in [1.165, 1.54) is 0 Å². The third kappa shape index (κ3) is 4.99. The first-order valence-corrected chi connectivity index (χ1v) is 9.03. The first-order chi connectivity index (χ1) is 13.2. The molecular weight excluding hydrogens is 350 g/mol. The van der Waals surface area contributed by atoms with E-state index < -0.39 is 0 Å². The smallest absolute Gasteiger partial charge is 0.409 e. The normalized spacial score (nSPS) is 15.6. The second kappa shape index (κ2) is 9.06. The fraction of sp³-hybridized carbons (Fsp3) is 0.529. The van der Waals surface area contributed by atoms with Gasteiger partial charge in [-0.15, -0.1) is 5.10 Å². The fourth-order valence-electron chi connectivity index (χ4n) is 2.87. The van der Waals surface area contributed by atoms with E-state index in [0.29, 0.717) is 49.6 Å². The highest BCUT2D eigenvalue weighted by atomic mass is 16.6. The predicted octanol–water partition coefficient (Wildman–Crippen LogP) is 1.35. The fourth-order valence-corrected chi connectivity index (χ4v) is 2.87. The highest BCUT2D eigenvalue weighted by Crippen LogP contribution is 2.14. The molecule has 1 aliphatic rings. The number of carbonyl (C=O) groups is 1. The van der Waals surface area contributed by atoms with E-state index >= 15 is 0 Å². The highest BCUT2D eigenvalue weighted by Gasteiger charge is 2.24. The van der Waals surface area contributed by atoms with Gasteiger partial charge < -0.3 is 24.7 Å². The van der Waals surface area contributed by atoms with Gasteiger partial charge in [0.1, 0.15) is 5.82 Å². The molecule has 3 N–H and O–H groups in total. The number of hydrogen-bond acceptors (Lipinski definition) is 6. The average Bonchev–Trinajstić information content (AvgIpc) is 3.37. The van der Waals surface area contributed by atoms with Crippen LogP contribution in [-0.2, 0) is 11.3 Å². The Hall–Kier alpha value is -3.04. The number of aromatic nitrogens is 3. The van der Waals surface area contributed by atoms with Gasteiger partial charge in [-0.3, -0.25) is 10.1 Å². The zero-order valence-corrected chi connectivity index (χ0v) is 15.6. The van der Waals surface area contributed by atoms with Crippen molar-refractivity contribution in [1.82, 2.24) is 30.7 Å². The Morgan fingerprint density at radius 3 is 2.96 bits per heavy atom. The van der Waals surface area contributed by atoms with Gasteiger partial charge >= 0.3 is 6.09 Å². The average molecular weight is 375 g/mol. The van der Waals surface area contributed by atoms with Crippen molar-refractivity contribution in [2.24, 2.45) is 4.99 Å². The summed E-state index contributed by atoms with van der Waals surface area (Å²) in [6.45, 7) is 4.00. The summed E-state index contributed by atoms with van der Waals surface area (Å²) >= 11 is 0. The third-order valence-corrected chi connectivity index (χ3v) is 4.28. The summed E-state index contributed by atoms with van der Waals surface area (Å²) in [6, 6.07) is 3.85. The lowest BCUT2D eigenvalue weighted by Gasteiger charge is -2.32. The van der Waals surface area contributed by atoms with Gasteiger partial charge in [0.15, 0.2) is 11.7 Å². The molecule has 3 rings (SSSR count). The number of nitrogens with one attached hydrogen (secondary N) is 3. The molecule has 10 nitrogen and oxygen atoms in total. The maximum absolute atomic E-state index is 11.8. The summed E-state index contributed by atoms with van der Waals surface area (Å²) < 4.78 is 10.3. The van der Waals surface area contributed by atoms with Crippen molar-refractivity contribution in [1.29, 1.82) is 0 Å². The quantitative estimate of drug-likeness (QED) is 0.533. The Morgan fingerprint density at radius 1 is 1.48 bits per heavy atom. The van der Waals surface area contributed by atoms with Gasteiger partial charge in [0, 0.05) is 26.2 Å². The molecule has 1 amide bonds. The number of furan rings is 1. The SMILES string of the molecule is CCOC(=O)N1CCC(NC(=NC)NCc2nc(-c3ccco3)n[nH]2)CC1. The topological polar surface area (TPSA) is 121 Å². The van der Waals surface area contributed by atoms with Crippen molar-refractivity contribution in [2.45, 2.75) is 32.4 Å². The molecule has 0 radical (unpaired) electrons. The minimum absolute atomic E-state index is 0.240. The monoisotopic (exact) mass is 375 g/mol. The van der Waals surface area contributed by atoms with Crippen LogP contribution in [0.2, 0.25) is 0 Å². The minimum atomic E-state index is -0.240. The lowest BCUT2D eigenvalue weighted by Crippen LogP contribution is -2.49. The van der Waals surface area contributed by atoms with E-state index in [1.54, 1.807) is 24.3 Å². The molecule has 0 spiro atoms. The Bertz CT molecular complexity index is 748. The number of guanidine groups is 1. The van der Waals surface area contributed by atoms with E-state index in [4.69, 9.17) is 9.15 Å². The lowest BCUT2D eigenvalue weighted by atomic mass is 10.1. The number of H-pyrrole nitrogens is 1. The Kier molecular flexibility index (Phi) is 6.29. The van der Waals surface area contributed by atoms with E-state index in [0.717, 1.165) is 12.8 Å². The molecule has 0 unspecified atom stereocenters. The summed E-state index contributed by atoms with van der Waals surface area (Å²) in [5, 5.41) is 13.6. The van der Waals surface area contributed by atoms with E-state index in [-0.39, 0.29) is 12.1 Å². The number of amides is 1. The summed E-state index contributed by atoms with van der Waals surface area (Å²) in [6.07, 6.45) is 3.02. The number of aliphatic imine (C=N–C) groups is 1. The molecule has 1 saturated heterocycles. The molecular formula is C17H25N7O3.